The summed E-state index contributed by atoms with van der Waals surface area (Å²) in [5.74, 6) is -0.989. The van der Waals surface area contributed by atoms with Crippen molar-refractivity contribution in [3.8, 4) is 0 Å². The van der Waals surface area contributed by atoms with Crippen molar-refractivity contribution in [2.24, 2.45) is 0 Å². The van der Waals surface area contributed by atoms with Crippen molar-refractivity contribution < 1.29 is 9.18 Å². The van der Waals surface area contributed by atoms with Crippen molar-refractivity contribution >= 4 is 46.4 Å². The van der Waals surface area contributed by atoms with Gasteiger partial charge in [0.15, 0.2) is 0 Å². The minimum Gasteiger partial charge on any atom is -0.387 e. The van der Waals surface area contributed by atoms with Crippen LogP contribution >= 0.6 is 34.8 Å². The summed E-state index contributed by atoms with van der Waals surface area (Å²) >= 11 is 18.5. The number of hydrogen-bond acceptors (Lipinski definition) is 2. The lowest BCUT2D eigenvalue weighted by atomic mass is 9.87. The fourth-order valence-corrected chi connectivity index (χ4v) is 4.23. The Labute approximate surface area is 215 Å². The molecular weight excluding hydrogens is 494 g/mol. The molecule has 0 fully saturated rings. The maximum atomic E-state index is 14.3. The van der Waals surface area contributed by atoms with Crippen LogP contribution in [0.2, 0.25) is 15.1 Å². The van der Waals surface area contributed by atoms with Gasteiger partial charge in [-0.15, -0.1) is 0 Å². The van der Waals surface area contributed by atoms with Crippen LogP contribution in [0.25, 0.3) is 0 Å². The zero-order chi connectivity index (χ0) is 25.0. The molecule has 0 saturated heterocycles. The lowest BCUT2D eigenvalue weighted by Gasteiger charge is -2.26. The molecule has 0 atom stereocenters. The quantitative estimate of drug-likeness (QED) is 0.341. The van der Waals surface area contributed by atoms with Gasteiger partial charge in [-0.05, 0) is 52.8 Å². The largest absolute Gasteiger partial charge is 0.387 e. The fourth-order valence-electron chi connectivity index (χ4n) is 3.67. The SMILES string of the molecule is CNc1ccc(F)c(Cl)c1C(=O)N(CCc1ccc(Cl)c(Cl)c1)Cc1ccc(C(C)(C)C)cc1. The number of anilines is 1. The number of hydrogen-bond donors (Lipinski definition) is 1. The first-order chi connectivity index (χ1) is 16.0. The first-order valence-electron chi connectivity index (χ1n) is 11.0. The van der Waals surface area contributed by atoms with Gasteiger partial charge < -0.3 is 10.2 Å². The molecule has 3 nitrogen and oxygen atoms in total. The van der Waals surface area contributed by atoms with Crippen molar-refractivity contribution in [3.63, 3.8) is 0 Å². The zero-order valence-electron chi connectivity index (χ0n) is 19.7. The summed E-state index contributed by atoms with van der Waals surface area (Å²) in [5.41, 5.74) is 3.72. The van der Waals surface area contributed by atoms with E-state index in [1.807, 2.05) is 18.2 Å². The van der Waals surface area contributed by atoms with E-state index in [0.29, 0.717) is 35.2 Å². The van der Waals surface area contributed by atoms with Gasteiger partial charge in [0, 0.05) is 25.8 Å². The van der Waals surface area contributed by atoms with Gasteiger partial charge in [0.25, 0.3) is 5.91 Å². The molecule has 1 N–H and O–H groups in total. The number of benzene rings is 3. The van der Waals surface area contributed by atoms with Crippen LogP contribution in [0.5, 0.6) is 0 Å². The Morgan fingerprint density at radius 3 is 2.18 bits per heavy atom. The highest BCUT2D eigenvalue weighted by Crippen LogP contribution is 2.30. The fraction of sp³-hybridized carbons (Fsp3) is 0.296. The summed E-state index contributed by atoms with van der Waals surface area (Å²) in [6.45, 7) is 7.19. The molecule has 0 unspecified atom stereocenters. The maximum absolute atomic E-state index is 14.3. The smallest absolute Gasteiger partial charge is 0.257 e. The van der Waals surface area contributed by atoms with Crippen LogP contribution in [0.4, 0.5) is 10.1 Å². The molecule has 0 saturated carbocycles. The second-order valence-electron chi connectivity index (χ2n) is 9.21. The van der Waals surface area contributed by atoms with E-state index in [2.05, 4.69) is 38.2 Å². The van der Waals surface area contributed by atoms with Crippen molar-refractivity contribution in [1.29, 1.82) is 0 Å². The molecule has 34 heavy (non-hydrogen) atoms. The van der Waals surface area contributed by atoms with Gasteiger partial charge in [0.2, 0.25) is 0 Å². The standard InChI is InChI=1S/C27H28Cl3FN2O/c1-27(2,3)19-8-5-18(6-9-19)16-33(14-13-17-7-10-20(28)21(29)15-17)26(34)24-23(32-4)12-11-22(31)25(24)30/h5-12,15,32H,13-14,16H2,1-4H3. The van der Waals surface area contributed by atoms with Crippen LogP contribution in [0.15, 0.2) is 54.6 Å². The first-order valence-corrected chi connectivity index (χ1v) is 12.1. The molecule has 0 aromatic heterocycles. The third kappa shape index (κ3) is 6.24. The van der Waals surface area contributed by atoms with E-state index in [-0.39, 0.29) is 21.9 Å². The molecule has 180 valence electrons. The van der Waals surface area contributed by atoms with E-state index in [4.69, 9.17) is 34.8 Å². The molecule has 1 amide bonds. The molecule has 0 aliphatic rings. The van der Waals surface area contributed by atoms with Crippen LogP contribution in [0.3, 0.4) is 0 Å². The first kappa shape index (κ1) is 26.3. The minimum atomic E-state index is -0.636. The lowest BCUT2D eigenvalue weighted by Crippen LogP contribution is -2.33. The van der Waals surface area contributed by atoms with Gasteiger partial charge in [0.1, 0.15) is 5.82 Å². The Kier molecular flexibility index (Phi) is 8.51. The topological polar surface area (TPSA) is 32.3 Å². The summed E-state index contributed by atoms with van der Waals surface area (Å²) in [5, 5.41) is 3.68. The van der Waals surface area contributed by atoms with Gasteiger partial charge in [-0.2, -0.15) is 0 Å². The van der Waals surface area contributed by atoms with Crippen LogP contribution < -0.4 is 5.32 Å². The minimum absolute atomic E-state index is 0.0265. The van der Waals surface area contributed by atoms with E-state index in [9.17, 15) is 9.18 Å². The molecule has 0 spiro atoms. The second-order valence-corrected chi connectivity index (χ2v) is 10.4. The van der Waals surface area contributed by atoms with Gasteiger partial charge in [-0.1, -0.05) is 85.9 Å². The highest BCUT2D eigenvalue weighted by molar-refractivity contribution is 6.42. The molecule has 3 aromatic rings. The van der Waals surface area contributed by atoms with Gasteiger partial charge >= 0.3 is 0 Å². The summed E-state index contributed by atoms with van der Waals surface area (Å²) in [6.07, 6.45) is 0.546. The number of carbonyl (C=O) groups is 1. The summed E-state index contributed by atoms with van der Waals surface area (Å²) < 4.78 is 14.3. The molecular formula is C27H28Cl3FN2O. The maximum Gasteiger partial charge on any atom is 0.257 e. The normalized spacial score (nSPS) is 11.4. The number of rotatable bonds is 7. The molecule has 0 radical (unpaired) electrons. The van der Waals surface area contributed by atoms with E-state index in [1.165, 1.54) is 17.7 Å². The van der Waals surface area contributed by atoms with Crippen LogP contribution in [0.1, 0.15) is 47.8 Å². The average molecular weight is 522 g/mol. The monoisotopic (exact) mass is 520 g/mol. The molecule has 3 rings (SSSR count). The third-order valence-corrected chi connectivity index (χ3v) is 6.82. The Morgan fingerprint density at radius 1 is 0.941 bits per heavy atom. The summed E-state index contributed by atoms with van der Waals surface area (Å²) in [6, 6.07) is 16.4. The van der Waals surface area contributed by atoms with E-state index in [0.717, 1.165) is 11.1 Å². The number of carbonyl (C=O) groups excluding carboxylic acids is 1. The zero-order valence-corrected chi connectivity index (χ0v) is 22.0. The average Bonchev–Trinajstić information content (AvgIpc) is 2.79. The predicted octanol–water partition coefficient (Wildman–Crippen LogP) is 8.01. The number of nitrogens with zero attached hydrogens (tertiary/aromatic N) is 1. The predicted molar refractivity (Wildman–Crippen MR) is 141 cm³/mol. The molecule has 3 aromatic carbocycles. The van der Waals surface area contributed by atoms with E-state index >= 15 is 0 Å². The Morgan fingerprint density at radius 2 is 1.59 bits per heavy atom. The molecule has 0 aliphatic carbocycles. The second kappa shape index (κ2) is 11.0. The molecule has 0 aliphatic heterocycles. The van der Waals surface area contributed by atoms with E-state index in [1.54, 1.807) is 24.1 Å². The molecule has 7 heteroatoms. The van der Waals surface area contributed by atoms with Crippen molar-refractivity contribution in [3.05, 3.63) is 97.7 Å². The van der Waals surface area contributed by atoms with Crippen LogP contribution in [0, 0.1) is 5.82 Å². The van der Waals surface area contributed by atoms with Crippen LogP contribution in [-0.2, 0) is 18.4 Å². The van der Waals surface area contributed by atoms with Crippen LogP contribution in [-0.4, -0.2) is 24.4 Å². The summed E-state index contributed by atoms with van der Waals surface area (Å²) in [4.78, 5) is 15.3. The Hall–Kier alpha value is -2.27. The van der Waals surface area contributed by atoms with Gasteiger partial charge in [-0.3, -0.25) is 4.79 Å². The van der Waals surface area contributed by atoms with Gasteiger partial charge in [-0.25, -0.2) is 4.39 Å². The molecule has 0 heterocycles. The van der Waals surface area contributed by atoms with E-state index < -0.39 is 5.82 Å². The third-order valence-electron chi connectivity index (χ3n) is 5.71. The number of amides is 1. The number of halogens is 4. The highest BCUT2D eigenvalue weighted by Gasteiger charge is 2.24. The molecule has 0 bridgehead atoms. The highest BCUT2D eigenvalue weighted by atomic mass is 35.5. The van der Waals surface area contributed by atoms with Crippen molar-refractivity contribution in [2.45, 2.75) is 39.2 Å². The summed E-state index contributed by atoms with van der Waals surface area (Å²) in [7, 11) is 1.67. The van der Waals surface area contributed by atoms with Crippen molar-refractivity contribution in [2.75, 3.05) is 18.9 Å². The number of nitrogens with one attached hydrogen (secondary N) is 1. The Balaban J connectivity index is 1.93. The van der Waals surface area contributed by atoms with Gasteiger partial charge in [0.05, 0.1) is 20.6 Å². The Bertz CT molecular complexity index is 1170. The lowest BCUT2D eigenvalue weighted by molar-refractivity contribution is 0.0745. The van der Waals surface area contributed by atoms with Crippen molar-refractivity contribution in [1.82, 2.24) is 4.90 Å².